The first kappa shape index (κ1) is 20.6. The summed E-state index contributed by atoms with van der Waals surface area (Å²) >= 11 is 0. The number of fused-ring (bicyclic) bond motifs is 1. The standard InChI is InChI=1S/C20H27N5O4/c1-6-13-10-17-15(11-16(13)25(27)28)22-18(23(17)5)24-9-7-8-14(12-24)21-19(26)29-20(2,3)4/h6,10-11,14H,1,7-9,12H2,2-5H3,(H,21,26)/t14-/m1/s1. The van der Waals surface area contributed by atoms with E-state index in [2.05, 4.69) is 21.8 Å². The Hall–Kier alpha value is -3.10. The molecule has 0 bridgehead atoms. The number of amides is 1. The zero-order valence-electron chi connectivity index (χ0n) is 17.3. The summed E-state index contributed by atoms with van der Waals surface area (Å²) in [5.41, 5.74) is 1.25. The molecule has 1 atom stereocenters. The zero-order valence-corrected chi connectivity index (χ0v) is 17.3. The first-order valence-corrected chi connectivity index (χ1v) is 9.61. The van der Waals surface area contributed by atoms with E-state index in [1.165, 1.54) is 12.1 Å². The number of rotatable bonds is 4. The van der Waals surface area contributed by atoms with Crippen molar-refractivity contribution >= 4 is 34.8 Å². The second kappa shape index (κ2) is 7.73. The van der Waals surface area contributed by atoms with Gasteiger partial charge in [-0.1, -0.05) is 12.7 Å². The monoisotopic (exact) mass is 401 g/mol. The number of hydrogen-bond donors (Lipinski definition) is 1. The fraction of sp³-hybridized carbons (Fsp3) is 0.500. The molecule has 0 radical (unpaired) electrons. The van der Waals surface area contributed by atoms with Crippen molar-refractivity contribution in [3.63, 3.8) is 0 Å². The number of aromatic nitrogens is 2. The van der Waals surface area contributed by atoms with Gasteiger partial charge >= 0.3 is 6.09 Å². The van der Waals surface area contributed by atoms with Crippen LogP contribution in [0, 0.1) is 10.1 Å². The highest BCUT2D eigenvalue weighted by Crippen LogP contribution is 2.30. The van der Waals surface area contributed by atoms with Gasteiger partial charge in [0.25, 0.3) is 5.69 Å². The number of ether oxygens (including phenoxy) is 1. The van der Waals surface area contributed by atoms with E-state index in [1.54, 1.807) is 6.07 Å². The van der Waals surface area contributed by atoms with Crippen molar-refractivity contribution in [1.29, 1.82) is 0 Å². The van der Waals surface area contributed by atoms with Gasteiger partial charge in [-0.3, -0.25) is 10.1 Å². The van der Waals surface area contributed by atoms with E-state index in [0.29, 0.717) is 23.6 Å². The third-order valence-electron chi connectivity index (χ3n) is 4.85. The number of anilines is 1. The lowest BCUT2D eigenvalue weighted by Gasteiger charge is -2.34. The smallest absolute Gasteiger partial charge is 0.407 e. The van der Waals surface area contributed by atoms with Crippen LogP contribution >= 0.6 is 0 Å². The van der Waals surface area contributed by atoms with Crippen molar-refractivity contribution in [3.8, 4) is 0 Å². The molecule has 3 rings (SSSR count). The quantitative estimate of drug-likeness (QED) is 0.620. The van der Waals surface area contributed by atoms with E-state index >= 15 is 0 Å². The summed E-state index contributed by atoms with van der Waals surface area (Å²) in [6.45, 7) is 10.5. The van der Waals surface area contributed by atoms with Crippen LogP contribution in [0.5, 0.6) is 0 Å². The predicted molar refractivity (Wildman–Crippen MR) is 112 cm³/mol. The predicted octanol–water partition coefficient (Wildman–Crippen LogP) is 3.62. The van der Waals surface area contributed by atoms with Crippen LogP contribution in [0.1, 0.15) is 39.2 Å². The number of carbonyl (C=O) groups is 1. The van der Waals surface area contributed by atoms with Crippen LogP contribution in [0.3, 0.4) is 0 Å². The minimum absolute atomic E-state index is 0.0136. The van der Waals surface area contributed by atoms with Crippen molar-refractivity contribution in [3.05, 3.63) is 34.4 Å². The molecule has 2 heterocycles. The van der Waals surface area contributed by atoms with E-state index in [9.17, 15) is 14.9 Å². The molecule has 1 aliphatic rings. The summed E-state index contributed by atoms with van der Waals surface area (Å²) in [5, 5.41) is 14.3. The van der Waals surface area contributed by atoms with Crippen molar-refractivity contribution in [2.75, 3.05) is 18.0 Å². The molecular weight excluding hydrogens is 374 g/mol. The number of nitro benzene ring substituents is 1. The third kappa shape index (κ3) is 4.49. The summed E-state index contributed by atoms with van der Waals surface area (Å²) in [4.78, 5) is 29.7. The Morgan fingerprint density at radius 3 is 2.79 bits per heavy atom. The molecule has 0 spiro atoms. The van der Waals surface area contributed by atoms with E-state index in [1.807, 2.05) is 32.4 Å². The minimum Gasteiger partial charge on any atom is -0.444 e. The molecule has 1 N–H and O–H groups in total. The maximum absolute atomic E-state index is 12.1. The molecule has 2 aromatic rings. The number of carbonyl (C=O) groups excluding carboxylic acids is 1. The molecule has 9 heteroatoms. The minimum atomic E-state index is -0.548. The van der Waals surface area contributed by atoms with Gasteiger partial charge in [0, 0.05) is 32.2 Å². The average molecular weight is 401 g/mol. The Labute approximate surface area is 169 Å². The van der Waals surface area contributed by atoms with E-state index in [-0.39, 0.29) is 11.7 Å². The first-order chi connectivity index (χ1) is 13.6. The molecule has 1 amide bonds. The zero-order chi connectivity index (χ0) is 21.3. The highest BCUT2D eigenvalue weighted by Gasteiger charge is 2.27. The van der Waals surface area contributed by atoms with Crippen LogP contribution < -0.4 is 10.2 Å². The van der Waals surface area contributed by atoms with E-state index in [4.69, 9.17) is 4.74 Å². The molecule has 1 aliphatic heterocycles. The number of benzene rings is 1. The maximum atomic E-state index is 12.1. The van der Waals surface area contributed by atoms with E-state index in [0.717, 1.165) is 24.9 Å². The van der Waals surface area contributed by atoms with Gasteiger partial charge in [0.1, 0.15) is 5.60 Å². The molecule has 29 heavy (non-hydrogen) atoms. The van der Waals surface area contributed by atoms with Crippen molar-refractivity contribution in [1.82, 2.24) is 14.9 Å². The van der Waals surface area contributed by atoms with Gasteiger partial charge in [-0.15, -0.1) is 0 Å². The molecule has 1 fully saturated rings. The fourth-order valence-corrected chi connectivity index (χ4v) is 3.59. The number of nitro groups is 1. The van der Waals surface area contributed by atoms with Crippen LogP contribution in [0.2, 0.25) is 0 Å². The first-order valence-electron chi connectivity index (χ1n) is 9.61. The lowest BCUT2D eigenvalue weighted by atomic mass is 10.1. The molecular formula is C20H27N5O4. The number of imidazole rings is 1. The average Bonchev–Trinajstić information content (AvgIpc) is 2.95. The molecule has 156 valence electrons. The van der Waals surface area contributed by atoms with Crippen LogP contribution in [0.25, 0.3) is 17.1 Å². The summed E-state index contributed by atoms with van der Waals surface area (Å²) in [7, 11) is 1.88. The highest BCUT2D eigenvalue weighted by atomic mass is 16.6. The summed E-state index contributed by atoms with van der Waals surface area (Å²) in [6.07, 6.45) is 2.79. The molecule has 0 unspecified atom stereocenters. The normalized spacial score (nSPS) is 17.2. The lowest BCUT2D eigenvalue weighted by molar-refractivity contribution is -0.384. The number of nitrogens with zero attached hydrogens (tertiary/aromatic N) is 4. The Morgan fingerprint density at radius 1 is 1.45 bits per heavy atom. The van der Waals surface area contributed by atoms with E-state index < -0.39 is 16.6 Å². The number of alkyl carbamates (subject to hydrolysis) is 1. The second-order valence-electron chi connectivity index (χ2n) is 8.26. The topological polar surface area (TPSA) is 103 Å². The van der Waals surface area contributed by atoms with Crippen LogP contribution in [-0.4, -0.2) is 45.3 Å². The Kier molecular flexibility index (Phi) is 5.50. The second-order valence-corrected chi connectivity index (χ2v) is 8.26. The third-order valence-corrected chi connectivity index (χ3v) is 4.85. The van der Waals surface area contributed by atoms with Gasteiger partial charge in [-0.25, -0.2) is 9.78 Å². The van der Waals surface area contributed by atoms with Crippen LogP contribution in [-0.2, 0) is 11.8 Å². The Balaban J connectivity index is 1.84. The molecule has 9 nitrogen and oxygen atoms in total. The SMILES string of the molecule is C=Cc1cc2c(cc1[N+](=O)[O-])nc(N1CCC[C@@H](NC(=O)OC(C)(C)C)C1)n2C. The molecule has 1 aromatic carbocycles. The maximum Gasteiger partial charge on any atom is 0.407 e. The molecule has 1 aromatic heterocycles. The van der Waals surface area contributed by atoms with Gasteiger partial charge in [-0.05, 0) is 39.7 Å². The summed E-state index contributed by atoms with van der Waals surface area (Å²) in [6, 6.07) is 3.16. The van der Waals surface area contributed by atoms with Crippen molar-refractivity contribution in [2.24, 2.45) is 7.05 Å². The van der Waals surface area contributed by atoms with Gasteiger partial charge in [-0.2, -0.15) is 0 Å². The van der Waals surface area contributed by atoms with Crippen molar-refractivity contribution < 1.29 is 14.5 Å². The number of aryl methyl sites for hydroxylation is 1. The Bertz CT molecular complexity index is 960. The molecule has 0 saturated carbocycles. The number of hydrogen-bond acceptors (Lipinski definition) is 6. The van der Waals surface area contributed by atoms with Gasteiger partial charge < -0.3 is 19.5 Å². The fourth-order valence-electron chi connectivity index (χ4n) is 3.59. The number of piperidine rings is 1. The molecule has 1 saturated heterocycles. The largest absolute Gasteiger partial charge is 0.444 e. The summed E-state index contributed by atoms with van der Waals surface area (Å²) in [5.74, 6) is 0.714. The lowest BCUT2D eigenvalue weighted by Crippen LogP contribution is -2.49. The Morgan fingerprint density at radius 2 is 2.17 bits per heavy atom. The van der Waals surface area contributed by atoms with Gasteiger partial charge in [0.15, 0.2) is 0 Å². The van der Waals surface area contributed by atoms with Crippen LogP contribution in [0.15, 0.2) is 18.7 Å². The summed E-state index contributed by atoms with van der Waals surface area (Å²) < 4.78 is 7.27. The highest BCUT2D eigenvalue weighted by molar-refractivity contribution is 5.85. The van der Waals surface area contributed by atoms with Crippen molar-refractivity contribution in [2.45, 2.75) is 45.3 Å². The number of nitrogens with one attached hydrogen (secondary N) is 1. The van der Waals surface area contributed by atoms with Gasteiger partial charge in [0.2, 0.25) is 5.95 Å². The van der Waals surface area contributed by atoms with Gasteiger partial charge in [0.05, 0.1) is 21.5 Å². The van der Waals surface area contributed by atoms with Crippen LogP contribution in [0.4, 0.5) is 16.4 Å². The molecule has 0 aliphatic carbocycles.